The Morgan fingerprint density at radius 3 is 2.42 bits per heavy atom. The van der Waals surface area contributed by atoms with Gasteiger partial charge in [-0.2, -0.15) is 27.1 Å². The van der Waals surface area contributed by atoms with Crippen molar-refractivity contribution in [3.8, 4) is 11.5 Å². The summed E-state index contributed by atoms with van der Waals surface area (Å²) in [5.41, 5.74) is -2.66. The van der Waals surface area contributed by atoms with Crippen LogP contribution in [0.5, 0.6) is 11.5 Å². The maximum Gasteiger partial charge on any atom is 0.459 e. The summed E-state index contributed by atoms with van der Waals surface area (Å²) >= 11 is 5.92. The molecule has 0 saturated heterocycles. The molecule has 0 aliphatic carbocycles. The molecule has 2 heterocycles. The first kappa shape index (κ1) is 26.7. The number of hydrogen-bond acceptors (Lipinski definition) is 6. The second-order valence-corrected chi connectivity index (χ2v) is 8.53. The Morgan fingerprint density at radius 1 is 1.08 bits per heavy atom. The first-order valence-electron chi connectivity index (χ1n) is 10.5. The van der Waals surface area contributed by atoms with Crippen LogP contribution in [0.4, 0.5) is 33.3 Å². The van der Waals surface area contributed by atoms with E-state index in [0.717, 1.165) is 18.2 Å². The van der Waals surface area contributed by atoms with E-state index in [1.807, 2.05) is 0 Å². The molecule has 0 spiro atoms. The number of halogens is 6. The molecule has 1 N–H and O–H groups in total. The number of nitrogens with one attached hydrogen (secondary N) is 1. The molecule has 1 amide bonds. The summed E-state index contributed by atoms with van der Waals surface area (Å²) in [7, 11) is 0. The second-order valence-electron chi connectivity index (χ2n) is 8.09. The summed E-state index contributed by atoms with van der Waals surface area (Å²) in [6, 6.07) is 9.46. The van der Waals surface area contributed by atoms with Crippen molar-refractivity contribution < 1.29 is 36.4 Å². The number of rotatable bonds is 6. The molecule has 0 aliphatic rings. The predicted octanol–water partition coefficient (Wildman–Crippen LogP) is 6.61. The molecule has 38 heavy (non-hydrogen) atoms. The Balaban J connectivity index is 1.69. The van der Waals surface area contributed by atoms with Crippen molar-refractivity contribution in [3.05, 3.63) is 86.3 Å². The van der Waals surface area contributed by atoms with E-state index in [1.165, 1.54) is 19.1 Å². The zero-order valence-corrected chi connectivity index (χ0v) is 20.1. The minimum Gasteiger partial charge on any atom is -0.457 e. The van der Waals surface area contributed by atoms with Gasteiger partial charge in [-0.05, 0) is 43.7 Å². The van der Waals surface area contributed by atoms with Crippen LogP contribution in [0.1, 0.15) is 27.4 Å². The van der Waals surface area contributed by atoms with E-state index in [0.29, 0.717) is 22.4 Å². The number of nitro benzene ring substituents is 1. The van der Waals surface area contributed by atoms with Gasteiger partial charge in [0.2, 0.25) is 0 Å². The highest BCUT2D eigenvalue weighted by molar-refractivity contribution is 6.30. The molecule has 0 unspecified atom stereocenters. The number of fused-ring (bicyclic) bond motifs is 1. The summed E-state index contributed by atoms with van der Waals surface area (Å²) in [4.78, 5) is 27.4. The number of alkyl halides is 5. The lowest BCUT2D eigenvalue weighted by atomic mass is 10.2. The largest absolute Gasteiger partial charge is 0.459 e. The van der Waals surface area contributed by atoms with Crippen LogP contribution in [0.2, 0.25) is 5.02 Å². The molecule has 0 fully saturated rings. The predicted molar refractivity (Wildman–Crippen MR) is 125 cm³/mol. The summed E-state index contributed by atoms with van der Waals surface area (Å²) in [5, 5.41) is 17.8. The number of benzene rings is 2. The Kier molecular flexibility index (Phi) is 6.69. The summed E-state index contributed by atoms with van der Waals surface area (Å²) in [6.45, 7) is 2.90. The lowest BCUT2D eigenvalue weighted by molar-refractivity contribution is -0.384. The molecule has 0 bridgehead atoms. The molecule has 0 aliphatic heterocycles. The van der Waals surface area contributed by atoms with E-state index in [9.17, 15) is 36.9 Å². The van der Waals surface area contributed by atoms with Crippen molar-refractivity contribution >= 4 is 34.5 Å². The van der Waals surface area contributed by atoms with Crippen LogP contribution in [0.25, 0.3) is 5.65 Å². The smallest absolute Gasteiger partial charge is 0.457 e. The highest BCUT2D eigenvalue weighted by atomic mass is 35.5. The minimum absolute atomic E-state index is 0.0284. The first-order valence-corrected chi connectivity index (χ1v) is 10.9. The number of nitrogens with zero attached hydrogens (tertiary/aromatic N) is 4. The van der Waals surface area contributed by atoms with Crippen LogP contribution in [-0.2, 0) is 5.92 Å². The number of amides is 1. The van der Waals surface area contributed by atoms with Gasteiger partial charge in [0, 0.05) is 28.9 Å². The number of nitro groups is 1. The zero-order chi connectivity index (χ0) is 28.0. The Labute approximate surface area is 215 Å². The third-order valence-electron chi connectivity index (χ3n) is 5.19. The molecule has 0 atom stereocenters. The van der Waals surface area contributed by atoms with Crippen molar-refractivity contribution in [1.29, 1.82) is 0 Å². The molecule has 9 nitrogen and oxygen atoms in total. The normalized spacial score (nSPS) is 12.0. The maximum absolute atomic E-state index is 14.1. The summed E-state index contributed by atoms with van der Waals surface area (Å²) < 4.78 is 73.2. The fraction of sp³-hybridized carbons (Fsp3) is 0.174. The Hall–Kier alpha value is -4.33. The van der Waals surface area contributed by atoms with E-state index >= 15 is 0 Å². The minimum atomic E-state index is -5.93. The van der Waals surface area contributed by atoms with Crippen LogP contribution in [0.15, 0.2) is 48.5 Å². The number of aromatic nitrogens is 3. The number of aryl methyl sites for hydroxylation is 2. The van der Waals surface area contributed by atoms with Crippen LogP contribution in [0, 0.1) is 24.0 Å². The Morgan fingerprint density at radius 2 is 1.79 bits per heavy atom. The summed E-state index contributed by atoms with van der Waals surface area (Å²) in [6.07, 6.45) is -5.93. The molecule has 2 aromatic carbocycles. The summed E-state index contributed by atoms with van der Waals surface area (Å²) in [5.74, 6) is -6.04. The monoisotopic (exact) mass is 555 g/mol. The van der Waals surface area contributed by atoms with Gasteiger partial charge in [-0.3, -0.25) is 14.9 Å². The number of non-ortho nitro benzene ring substituents is 1. The lowest BCUT2D eigenvalue weighted by Crippen LogP contribution is -2.36. The standard InChI is InChI=1S/C23H15ClF5N5O4/c1-11-5-13(24)3-4-18(11)38-16-8-14(7-15(9-16)34(36)37)31-21(35)17-10-20-30-12(2)6-19(33(20)32-17)22(25,26)23(27,28)29/h3-10H,1-2H3,(H,31,35). The average Bonchev–Trinajstić information content (AvgIpc) is 3.23. The fourth-order valence-electron chi connectivity index (χ4n) is 3.45. The van der Waals surface area contributed by atoms with E-state index in [2.05, 4.69) is 15.4 Å². The van der Waals surface area contributed by atoms with Gasteiger partial charge in [0.1, 0.15) is 17.2 Å². The van der Waals surface area contributed by atoms with Crippen molar-refractivity contribution in [2.75, 3.05) is 5.32 Å². The van der Waals surface area contributed by atoms with Gasteiger partial charge >= 0.3 is 12.1 Å². The van der Waals surface area contributed by atoms with Gasteiger partial charge in [-0.1, -0.05) is 11.6 Å². The average molecular weight is 556 g/mol. The highest BCUT2D eigenvalue weighted by Crippen LogP contribution is 2.44. The molecule has 15 heteroatoms. The van der Waals surface area contributed by atoms with Gasteiger partial charge in [0.05, 0.1) is 16.7 Å². The number of hydrogen-bond donors (Lipinski definition) is 1. The van der Waals surface area contributed by atoms with E-state index in [1.54, 1.807) is 19.1 Å². The van der Waals surface area contributed by atoms with Crippen molar-refractivity contribution in [1.82, 2.24) is 14.6 Å². The highest BCUT2D eigenvalue weighted by Gasteiger charge is 2.60. The van der Waals surface area contributed by atoms with E-state index in [-0.39, 0.29) is 21.6 Å². The van der Waals surface area contributed by atoms with Gasteiger partial charge < -0.3 is 10.1 Å². The first-order chi connectivity index (χ1) is 17.7. The molecule has 0 radical (unpaired) electrons. The lowest BCUT2D eigenvalue weighted by Gasteiger charge is -2.20. The number of anilines is 1. The third kappa shape index (κ3) is 5.20. The van der Waals surface area contributed by atoms with Crippen molar-refractivity contribution in [2.45, 2.75) is 25.9 Å². The molecular formula is C23H15ClF5N5O4. The SMILES string of the molecule is Cc1cc(C(F)(F)C(F)(F)F)n2nc(C(=O)Nc3cc(Oc4ccc(Cl)cc4C)cc([N+](=O)[O-])c3)cc2n1. The molecule has 4 rings (SSSR count). The number of ether oxygens (including phenoxy) is 1. The zero-order valence-electron chi connectivity index (χ0n) is 19.3. The van der Waals surface area contributed by atoms with Crippen LogP contribution >= 0.6 is 11.6 Å². The van der Waals surface area contributed by atoms with Crippen LogP contribution in [0.3, 0.4) is 0 Å². The van der Waals surface area contributed by atoms with Crippen molar-refractivity contribution in [2.24, 2.45) is 0 Å². The van der Waals surface area contributed by atoms with Gasteiger partial charge in [0.15, 0.2) is 11.3 Å². The molecular weight excluding hydrogens is 541 g/mol. The molecule has 198 valence electrons. The number of carbonyl (C=O) groups excluding carboxylic acids is 1. The van der Waals surface area contributed by atoms with E-state index in [4.69, 9.17) is 16.3 Å². The van der Waals surface area contributed by atoms with Crippen LogP contribution in [-0.4, -0.2) is 31.6 Å². The maximum atomic E-state index is 14.1. The Bertz CT molecular complexity index is 1590. The topological polar surface area (TPSA) is 112 Å². The molecule has 2 aromatic heterocycles. The molecule has 4 aromatic rings. The van der Waals surface area contributed by atoms with Gasteiger partial charge in [0.25, 0.3) is 11.6 Å². The van der Waals surface area contributed by atoms with Crippen LogP contribution < -0.4 is 10.1 Å². The number of carbonyl (C=O) groups is 1. The molecule has 0 saturated carbocycles. The fourth-order valence-corrected chi connectivity index (χ4v) is 3.68. The van der Waals surface area contributed by atoms with Crippen molar-refractivity contribution in [3.63, 3.8) is 0 Å². The quantitative estimate of drug-likeness (QED) is 0.163. The van der Waals surface area contributed by atoms with E-state index < -0.39 is 45.7 Å². The van der Waals surface area contributed by atoms with Gasteiger partial charge in [-0.25, -0.2) is 9.50 Å². The van der Waals surface area contributed by atoms with Gasteiger partial charge in [-0.15, -0.1) is 0 Å². The second kappa shape index (κ2) is 9.52. The third-order valence-corrected chi connectivity index (χ3v) is 5.43.